The first-order valence-corrected chi connectivity index (χ1v) is 4.04. The Kier molecular flexibility index (Phi) is 5.53. The highest BCUT2D eigenvalue weighted by atomic mass is 32.1. The Labute approximate surface area is 76.3 Å². The molecule has 0 spiro atoms. The van der Waals surface area contributed by atoms with Crippen molar-refractivity contribution in [2.24, 2.45) is 0 Å². The molecule has 70 valence electrons. The van der Waals surface area contributed by atoms with E-state index in [0.29, 0.717) is 6.42 Å². The molecule has 1 unspecified atom stereocenters. The second-order valence-corrected chi connectivity index (χ2v) is 3.10. The maximum Gasteiger partial charge on any atom is 0.305 e. The molecule has 0 aliphatic rings. The van der Waals surface area contributed by atoms with Crippen molar-refractivity contribution in [3.8, 4) is 0 Å². The molecule has 0 aromatic carbocycles. The fourth-order valence-electron chi connectivity index (χ4n) is 0.690. The van der Waals surface area contributed by atoms with E-state index in [1.54, 1.807) is 0 Å². The summed E-state index contributed by atoms with van der Waals surface area (Å²) in [6, 6.07) is 0. The Bertz CT molecular complexity index is 169. The number of aliphatic carboxylic acids is 1. The van der Waals surface area contributed by atoms with E-state index < -0.39 is 5.97 Å². The number of hydrogen-bond acceptors (Lipinski definition) is 4. The summed E-state index contributed by atoms with van der Waals surface area (Å²) < 4.78 is 4.39. The van der Waals surface area contributed by atoms with Gasteiger partial charge in [0.1, 0.15) is 0 Å². The molecule has 0 aromatic heterocycles. The van der Waals surface area contributed by atoms with E-state index in [2.05, 4.69) is 17.4 Å². The van der Waals surface area contributed by atoms with Gasteiger partial charge in [-0.2, -0.15) is 12.6 Å². The van der Waals surface area contributed by atoms with Crippen LogP contribution in [-0.4, -0.2) is 29.4 Å². The van der Waals surface area contributed by atoms with Crippen molar-refractivity contribution in [3.05, 3.63) is 0 Å². The molecule has 1 N–H and O–H groups in total. The first-order chi connectivity index (χ1) is 5.56. The zero-order valence-corrected chi connectivity index (χ0v) is 7.71. The highest BCUT2D eigenvalue weighted by Crippen LogP contribution is 2.09. The van der Waals surface area contributed by atoms with Crippen LogP contribution in [0.3, 0.4) is 0 Å². The second kappa shape index (κ2) is 5.88. The van der Waals surface area contributed by atoms with Gasteiger partial charge in [-0.3, -0.25) is 9.59 Å². The van der Waals surface area contributed by atoms with Crippen molar-refractivity contribution in [2.75, 3.05) is 7.11 Å². The van der Waals surface area contributed by atoms with Crippen LogP contribution < -0.4 is 0 Å². The van der Waals surface area contributed by atoms with E-state index in [1.807, 2.05) is 0 Å². The SMILES string of the molecule is COC(=O)CCC(S)CC(=O)O. The monoisotopic (exact) mass is 192 g/mol. The molecular weight excluding hydrogens is 180 g/mol. The second-order valence-electron chi connectivity index (χ2n) is 2.37. The number of carbonyl (C=O) groups excluding carboxylic acids is 1. The number of hydrogen-bond donors (Lipinski definition) is 2. The molecule has 1 atom stereocenters. The minimum atomic E-state index is -0.903. The van der Waals surface area contributed by atoms with Crippen LogP contribution in [0.25, 0.3) is 0 Å². The van der Waals surface area contributed by atoms with Crippen LogP contribution in [0.1, 0.15) is 19.3 Å². The molecule has 0 rings (SSSR count). The number of carbonyl (C=O) groups is 2. The topological polar surface area (TPSA) is 63.6 Å². The van der Waals surface area contributed by atoms with Gasteiger partial charge < -0.3 is 9.84 Å². The summed E-state index contributed by atoms with van der Waals surface area (Å²) in [6.07, 6.45) is 0.625. The summed E-state index contributed by atoms with van der Waals surface area (Å²) >= 11 is 3.99. The summed E-state index contributed by atoms with van der Waals surface area (Å²) in [5, 5.41) is 8.06. The molecule has 4 nitrogen and oxygen atoms in total. The van der Waals surface area contributed by atoms with Gasteiger partial charge in [0, 0.05) is 11.7 Å². The number of thiol groups is 1. The van der Waals surface area contributed by atoms with Crippen molar-refractivity contribution in [1.29, 1.82) is 0 Å². The van der Waals surface area contributed by atoms with Gasteiger partial charge in [-0.15, -0.1) is 0 Å². The number of carboxylic acids is 1. The number of esters is 1. The number of ether oxygens (including phenoxy) is 1. The Morgan fingerprint density at radius 3 is 2.58 bits per heavy atom. The Morgan fingerprint density at radius 2 is 2.17 bits per heavy atom. The van der Waals surface area contributed by atoms with Crippen LogP contribution in [0, 0.1) is 0 Å². The largest absolute Gasteiger partial charge is 0.481 e. The van der Waals surface area contributed by atoms with Gasteiger partial charge in [-0.25, -0.2) is 0 Å². The molecule has 0 saturated heterocycles. The van der Waals surface area contributed by atoms with Crippen molar-refractivity contribution in [3.63, 3.8) is 0 Å². The first kappa shape index (κ1) is 11.3. The summed E-state index contributed by atoms with van der Waals surface area (Å²) in [6.45, 7) is 0. The summed E-state index contributed by atoms with van der Waals surface area (Å²) in [5.74, 6) is -1.24. The summed E-state index contributed by atoms with van der Waals surface area (Å²) in [4.78, 5) is 20.8. The third-order valence-electron chi connectivity index (χ3n) is 1.32. The van der Waals surface area contributed by atoms with Gasteiger partial charge >= 0.3 is 11.9 Å². The van der Waals surface area contributed by atoms with Gasteiger partial charge in [0.05, 0.1) is 13.5 Å². The fraction of sp³-hybridized carbons (Fsp3) is 0.714. The average molecular weight is 192 g/mol. The zero-order valence-electron chi connectivity index (χ0n) is 6.82. The van der Waals surface area contributed by atoms with Crippen LogP contribution in [0.5, 0.6) is 0 Å². The molecule has 0 heterocycles. The van der Waals surface area contributed by atoms with Crippen molar-refractivity contribution >= 4 is 24.6 Å². The number of methoxy groups -OCH3 is 1. The van der Waals surface area contributed by atoms with Crippen molar-refractivity contribution in [2.45, 2.75) is 24.5 Å². The van der Waals surface area contributed by atoms with E-state index >= 15 is 0 Å². The van der Waals surface area contributed by atoms with Crippen LogP contribution in [0.15, 0.2) is 0 Å². The van der Waals surface area contributed by atoms with Crippen molar-refractivity contribution in [1.82, 2.24) is 0 Å². The molecule has 0 bridgehead atoms. The first-order valence-electron chi connectivity index (χ1n) is 3.53. The van der Waals surface area contributed by atoms with Crippen molar-refractivity contribution < 1.29 is 19.4 Å². The molecular formula is C7H12O4S. The molecule has 0 saturated carbocycles. The Morgan fingerprint density at radius 1 is 1.58 bits per heavy atom. The minimum Gasteiger partial charge on any atom is -0.481 e. The van der Waals surface area contributed by atoms with E-state index in [4.69, 9.17) is 5.11 Å². The lowest BCUT2D eigenvalue weighted by Gasteiger charge is -2.05. The highest BCUT2D eigenvalue weighted by Gasteiger charge is 2.10. The van der Waals surface area contributed by atoms with Gasteiger partial charge in [0.25, 0.3) is 0 Å². The van der Waals surface area contributed by atoms with Gasteiger partial charge in [-0.05, 0) is 6.42 Å². The third kappa shape index (κ3) is 6.03. The lowest BCUT2D eigenvalue weighted by Crippen LogP contribution is -2.10. The van der Waals surface area contributed by atoms with Gasteiger partial charge in [0.2, 0.25) is 0 Å². The molecule has 12 heavy (non-hydrogen) atoms. The number of carboxylic acid groups (broad SMARTS) is 1. The molecule has 0 aliphatic heterocycles. The number of rotatable bonds is 5. The molecule has 0 aliphatic carbocycles. The zero-order chi connectivity index (χ0) is 9.56. The standard InChI is InChI=1S/C7H12O4S/c1-11-7(10)3-2-5(12)4-6(8)9/h5,12H,2-4H2,1H3,(H,8,9). The molecule has 5 heteroatoms. The molecule has 0 radical (unpaired) electrons. The van der Waals surface area contributed by atoms with E-state index in [-0.39, 0.29) is 24.1 Å². The lowest BCUT2D eigenvalue weighted by atomic mass is 10.2. The highest BCUT2D eigenvalue weighted by molar-refractivity contribution is 7.81. The summed E-state index contributed by atoms with van der Waals surface area (Å²) in [5.41, 5.74) is 0. The average Bonchev–Trinajstić information content (AvgIpc) is 1.99. The maximum atomic E-state index is 10.6. The third-order valence-corrected chi connectivity index (χ3v) is 1.76. The lowest BCUT2D eigenvalue weighted by molar-refractivity contribution is -0.141. The predicted molar refractivity (Wildman–Crippen MR) is 46.3 cm³/mol. The van der Waals surface area contributed by atoms with Gasteiger partial charge in [0.15, 0.2) is 0 Å². The van der Waals surface area contributed by atoms with E-state index in [9.17, 15) is 9.59 Å². The molecule has 0 amide bonds. The smallest absolute Gasteiger partial charge is 0.305 e. The van der Waals surface area contributed by atoms with Crippen LogP contribution >= 0.6 is 12.6 Å². The van der Waals surface area contributed by atoms with Crippen LogP contribution in [0.4, 0.5) is 0 Å². The predicted octanol–water partition coefficient (Wildman–Crippen LogP) is 0.713. The molecule has 0 fully saturated rings. The van der Waals surface area contributed by atoms with Crippen LogP contribution in [-0.2, 0) is 14.3 Å². The molecule has 0 aromatic rings. The quantitative estimate of drug-likeness (QED) is 0.497. The van der Waals surface area contributed by atoms with Gasteiger partial charge in [-0.1, -0.05) is 0 Å². The Balaban J connectivity index is 3.50. The Hall–Kier alpha value is -0.710. The maximum absolute atomic E-state index is 10.6. The minimum absolute atomic E-state index is 0.0277. The summed E-state index contributed by atoms with van der Waals surface area (Å²) in [7, 11) is 1.30. The van der Waals surface area contributed by atoms with E-state index in [0.717, 1.165) is 0 Å². The van der Waals surface area contributed by atoms with E-state index in [1.165, 1.54) is 7.11 Å². The fourth-order valence-corrected chi connectivity index (χ4v) is 0.975. The normalized spacial score (nSPS) is 12.2. The van der Waals surface area contributed by atoms with Crippen LogP contribution in [0.2, 0.25) is 0 Å².